The van der Waals surface area contributed by atoms with Gasteiger partial charge in [-0.05, 0) is 100 Å². The normalized spacial score (nSPS) is 11.1. The van der Waals surface area contributed by atoms with Gasteiger partial charge in [0.25, 0.3) is 0 Å². The summed E-state index contributed by atoms with van der Waals surface area (Å²) >= 11 is 0. The minimum absolute atomic E-state index is 0.602. The lowest BCUT2D eigenvalue weighted by atomic mass is 9.86. The van der Waals surface area contributed by atoms with Crippen LogP contribution in [0.15, 0.2) is 146 Å². The lowest BCUT2D eigenvalue weighted by molar-refractivity contribution is 1.15. The smallest absolute Gasteiger partial charge is 0.210 e. The first-order chi connectivity index (χ1) is 24.7. The van der Waals surface area contributed by atoms with E-state index in [1.807, 2.05) is 72.8 Å². The molecule has 0 aliphatic heterocycles. The third-order valence-electron chi connectivity index (χ3n) is 9.81. The molecule has 50 heavy (non-hydrogen) atoms. The molecule has 0 radical (unpaired) electrons. The summed E-state index contributed by atoms with van der Waals surface area (Å²) in [5.74, 6) is 0. The second-order valence-corrected chi connectivity index (χ2v) is 12.5. The van der Waals surface area contributed by atoms with E-state index < -0.39 is 0 Å². The molecular formula is C46H34N4. The minimum Gasteiger partial charge on any atom is -0.320 e. The Morgan fingerprint density at radius 2 is 0.960 bits per heavy atom. The first kappa shape index (κ1) is 30.7. The number of nitriles is 1. The van der Waals surface area contributed by atoms with E-state index in [1.165, 1.54) is 32.7 Å². The molecule has 0 fully saturated rings. The largest absolute Gasteiger partial charge is 0.320 e. The first-order valence-corrected chi connectivity index (χ1v) is 17.1. The standard InChI is InChI=1S/C46H34N4/c1-4-31-28-43(49(34-17-8-6-9-18-34)41-22-14-12-16-33(41)30-47)38-26-24-37-32(5-2)29-44(39-27-25-36(31)45(38)46(37)39)50(35-19-10-7-11-20-35)42-23-15-13-21-40(42)48-3/h6-29H,4-5H2,1-2H3. The summed E-state index contributed by atoms with van der Waals surface area (Å²) in [6.07, 6.45) is 1.71. The zero-order valence-electron chi connectivity index (χ0n) is 28.1. The fourth-order valence-electron chi connectivity index (χ4n) is 7.53. The molecule has 0 aliphatic carbocycles. The highest BCUT2D eigenvalue weighted by atomic mass is 15.2. The molecule has 0 amide bonds. The molecule has 8 rings (SSSR count). The molecule has 0 unspecified atom stereocenters. The van der Waals surface area contributed by atoms with Crippen LogP contribution >= 0.6 is 0 Å². The molecule has 0 saturated heterocycles. The first-order valence-electron chi connectivity index (χ1n) is 17.1. The van der Waals surface area contributed by atoms with Crippen LogP contribution in [0.1, 0.15) is 30.5 Å². The van der Waals surface area contributed by atoms with Gasteiger partial charge in [-0.1, -0.05) is 105 Å². The Labute approximate surface area is 292 Å². The number of benzene rings is 8. The maximum Gasteiger partial charge on any atom is 0.210 e. The number of hydrogen-bond acceptors (Lipinski definition) is 3. The number of aryl methyl sites for hydroxylation is 2. The van der Waals surface area contributed by atoms with Crippen molar-refractivity contribution < 1.29 is 0 Å². The molecule has 8 aromatic rings. The van der Waals surface area contributed by atoms with Crippen LogP contribution in [0.2, 0.25) is 0 Å². The van der Waals surface area contributed by atoms with Crippen molar-refractivity contribution in [1.29, 1.82) is 5.26 Å². The highest BCUT2D eigenvalue weighted by Crippen LogP contribution is 2.50. The van der Waals surface area contributed by atoms with Gasteiger partial charge >= 0.3 is 0 Å². The molecule has 238 valence electrons. The van der Waals surface area contributed by atoms with E-state index in [9.17, 15) is 5.26 Å². The average molecular weight is 643 g/mol. The molecule has 4 nitrogen and oxygen atoms in total. The second-order valence-electron chi connectivity index (χ2n) is 12.5. The Hall–Kier alpha value is -6.62. The second kappa shape index (κ2) is 12.8. The molecule has 0 heterocycles. The number of hydrogen-bond donors (Lipinski definition) is 0. The highest BCUT2D eigenvalue weighted by Gasteiger charge is 2.25. The lowest BCUT2D eigenvalue weighted by Crippen LogP contribution is -2.13. The molecule has 4 heteroatoms. The van der Waals surface area contributed by atoms with Crippen molar-refractivity contribution >= 4 is 72.1 Å². The van der Waals surface area contributed by atoms with Gasteiger partial charge in [0.1, 0.15) is 6.07 Å². The van der Waals surface area contributed by atoms with E-state index in [0.29, 0.717) is 11.3 Å². The van der Waals surface area contributed by atoms with Gasteiger partial charge in [0, 0.05) is 22.1 Å². The summed E-state index contributed by atoms with van der Waals surface area (Å²) in [4.78, 5) is 8.45. The van der Waals surface area contributed by atoms with Gasteiger partial charge in [-0.25, -0.2) is 4.85 Å². The van der Waals surface area contributed by atoms with Crippen molar-refractivity contribution in [3.05, 3.63) is 174 Å². The summed E-state index contributed by atoms with van der Waals surface area (Å²) in [6, 6.07) is 52.6. The molecule has 0 atom stereocenters. The number of rotatable bonds is 8. The van der Waals surface area contributed by atoms with Crippen molar-refractivity contribution in [2.24, 2.45) is 0 Å². The molecule has 0 bridgehead atoms. The van der Waals surface area contributed by atoms with E-state index in [-0.39, 0.29) is 0 Å². The van der Waals surface area contributed by atoms with E-state index in [1.54, 1.807) is 0 Å². The van der Waals surface area contributed by atoms with Crippen LogP contribution in [0.25, 0.3) is 37.2 Å². The Kier molecular flexibility index (Phi) is 7.84. The molecule has 0 spiro atoms. The van der Waals surface area contributed by atoms with Gasteiger partial charge in [0.05, 0.1) is 34.9 Å². The van der Waals surface area contributed by atoms with Crippen molar-refractivity contribution in [1.82, 2.24) is 0 Å². The fourth-order valence-corrected chi connectivity index (χ4v) is 7.53. The minimum atomic E-state index is 0.602. The van der Waals surface area contributed by atoms with Gasteiger partial charge in [-0.2, -0.15) is 5.26 Å². The summed E-state index contributed by atoms with van der Waals surface area (Å²) in [7, 11) is 0. The van der Waals surface area contributed by atoms with Crippen LogP contribution in [0.4, 0.5) is 39.8 Å². The Morgan fingerprint density at radius 3 is 1.46 bits per heavy atom. The Morgan fingerprint density at radius 1 is 0.520 bits per heavy atom. The quantitative estimate of drug-likeness (QED) is 0.122. The predicted molar refractivity (Wildman–Crippen MR) is 209 cm³/mol. The van der Waals surface area contributed by atoms with E-state index >= 15 is 0 Å². The molecule has 0 aliphatic rings. The number of para-hydroxylation sites is 5. The third-order valence-corrected chi connectivity index (χ3v) is 9.81. The SMILES string of the molecule is [C-]#[N+]c1ccccc1N(c1ccccc1)c1cc(CC)c2ccc3c(N(c4ccccc4)c4ccccc4C#N)cc(CC)c4ccc1c2c43. The van der Waals surface area contributed by atoms with Crippen molar-refractivity contribution in [3.63, 3.8) is 0 Å². The van der Waals surface area contributed by atoms with Crippen LogP contribution < -0.4 is 9.80 Å². The van der Waals surface area contributed by atoms with Crippen LogP contribution in [-0.2, 0) is 12.8 Å². The van der Waals surface area contributed by atoms with Crippen molar-refractivity contribution in [3.8, 4) is 6.07 Å². The summed E-state index contributed by atoms with van der Waals surface area (Å²) in [6.45, 7) is 12.5. The monoisotopic (exact) mass is 642 g/mol. The van der Waals surface area contributed by atoms with E-state index in [4.69, 9.17) is 6.57 Å². The Bertz CT molecular complexity index is 2410. The van der Waals surface area contributed by atoms with E-state index in [0.717, 1.165) is 57.7 Å². The topological polar surface area (TPSA) is 34.6 Å². The van der Waals surface area contributed by atoms with Gasteiger partial charge in [-0.3, -0.25) is 0 Å². The molecule has 8 aromatic carbocycles. The van der Waals surface area contributed by atoms with Gasteiger partial charge in [0.2, 0.25) is 5.69 Å². The summed E-state index contributed by atoms with van der Waals surface area (Å²) in [5.41, 5.74) is 9.50. The van der Waals surface area contributed by atoms with Gasteiger partial charge < -0.3 is 9.80 Å². The van der Waals surface area contributed by atoms with Gasteiger partial charge in [0.15, 0.2) is 0 Å². The van der Waals surface area contributed by atoms with Crippen molar-refractivity contribution in [2.45, 2.75) is 26.7 Å². The molecule has 0 N–H and O–H groups in total. The van der Waals surface area contributed by atoms with E-state index in [2.05, 4.69) is 107 Å². The molecule has 0 saturated carbocycles. The van der Waals surface area contributed by atoms with Gasteiger partial charge in [-0.15, -0.1) is 0 Å². The molecular weight excluding hydrogens is 609 g/mol. The zero-order chi connectivity index (χ0) is 34.2. The van der Waals surface area contributed by atoms with Crippen LogP contribution in [0, 0.1) is 17.9 Å². The third kappa shape index (κ3) is 4.90. The number of nitrogens with zero attached hydrogens (tertiary/aromatic N) is 4. The van der Waals surface area contributed by atoms with Crippen LogP contribution in [0.3, 0.4) is 0 Å². The average Bonchev–Trinajstić information content (AvgIpc) is 3.18. The van der Waals surface area contributed by atoms with Crippen LogP contribution in [-0.4, -0.2) is 0 Å². The van der Waals surface area contributed by atoms with Crippen molar-refractivity contribution in [2.75, 3.05) is 9.80 Å². The lowest BCUT2D eigenvalue weighted by Gasteiger charge is -2.31. The summed E-state index contributed by atoms with van der Waals surface area (Å²) < 4.78 is 0. The molecule has 0 aromatic heterocycles. The highest BCUT2D eigenvalue weighted by molar-refractivity contribution is 6.29. The predicted octanol–water partition coefficient (Wildman–Crippen LogP) is 13.1. The van der Waals surface area contributed by atoms with Crippen LogP contribution in [0.5, 0.6) is 0 Å². The Balaban J connectivity index is 1.52. The maximum absolute atomic E-state index is 10.3. The number of anilines is 6. The fraction of sp³-hybridized carbons (Fsp3) is 0.0870. The maximum atomic E-state index is 10.3. The zero-order valence-corrected chi connectivity index (χ0v) is 28.1. The summed E-state index contributed by atoms with van der Waals surface area (Å²) in [5, 5.41) is 17.4.